The Kier molecular flexibility index (Phi) is 7.34. The van der Waals surface area contributed by atoms with Gasteiger partial charge in [0.25, 0.3) is 5.91 Å². The molecule has 0 spiro atoms. The largest absolute Gasteiger partial charge is 0.456 e. The molecule has 6 nitrogen and oxygen atoms in total. The Morgan fingerprint density at radius 1 is 1.25 bits per heavy atom. The van der Waals surface area contributed by atoms with Crippen molar-refractivity contribution in [3.8, 4) is 0 Å². The van der Waals surface area contributed by atoms with E-state index < -0.39 is 11.9 Å². The molecule has 0 aromatic carbocycles. The summed E-state index contributed by atoms with van der Waals surface area (Å²) in [4.78, 5) is 33.8. The van der Waals surface area contributed by atoms with Crippen LogP contribution in [0.5, 0.6) is 0 Å². The maximum Gasteiger partial charge on any atom is 0.306 e. The number of carbonyl (C=O) groups excluding carboxylic acids is 3. The van der Waals surface area contributed by atoms with E-state index >= 15 is 0 Å². The van der Waals surface area contributed by atoms with Gasteiger partial charge in [-0.15, -0.1) is 0 Å². The molecule has 2 amide bonds. The topological polar surface area (TPSA) is 84.5 Å². The maximum absolute atomic E-state index is 11.4. The average Bonchev–Trinajstić information content (AvgIpc) is 2.94. The third-order valence-corrected chi connectivity index (χ3v) is 3.11. The summed E-state index contributed by atoms with van der Waals surface area (Å²) in [6.07, 6.45) is 0.837. The second-order valence-electron chi connectivity index (χ2n) is 4.02. The van der Waals surface area contributed by atoms with Crippen molar-refractivity contribution in [2.24, 2.45) is 0 Å². The van der Waals surface area contributed by atoms with Crippen LogP contribution in [0.15, 0.2) is 16.8 Å². The SMILES string of the molecule is CCNC(=O)CNC(=O)COC(=O)CCc1ccsc1. The first-order valence-corrected chi connectivity index (χ1v) is 7.26. The van der Waals surface area contributed by atoms with Crippen molar-refractivity contribution in [3.05, 3.63) is 22.4 Å². The lowest BCUT2D eigenvalue weighted by Crippen LogP contribution is -2.38. The van der Waals surface area contributed by atoms with Crippen LogP contribution in [0.2, 0.25) is 0 Å². The molecule has 1 aromatic rings. The van der Waals surface area contributed by atoms with E-state index in [-0.39, 0.29) is 25.5 Å². The predicted octanol–water partition coefficient (Wildman–Crippen LogP) is 0.476. The fourth-order valence-corrected chi connectivity index (χ4v) is 2.09. The van der Waals surface area contributed by atoms with Crippen LogP contribution in [-0.4, -0.2) is 37.5 Å². The molecule has 0 atom stereocenters. The van der Waals surface area contributed by atoms with E-state index in [4.69, 9.17) is 4.74 Å². The number of esters is 1. The molecule has 0 aliphatic heterocycles. The van der Waals surface area contributed by atoms with Crippen molar-refractivity contribution in [1.29, 1.82) is 0 Å². The fourth-order valence-electron chi connectivity index (χ4n) is 1.39. The Morgan fingerprint density at radius 2 is 2.05 bits per heavy atom. The summed E-state index contributed by atoms with van der Waals surface area (Å²) >= 11 is 1.57. The number of amides is 2. The van der Waals surface area contributed by atoms with Crippen LogP contribution in [0.3, 0.4) is 0 Å². The summed E-state index contributed by atoms with van der Waals surface area (Å²) in [5.74, 6) is -1.19. The molecule has 2 N–H and O–H groups in total. The molecule has 0 radical (unpaired) electrons. The number of thiophene rings is 1. The smallest absolute Gasteiger partial charge is 0.306 e. The molecule has 7 heteroatoms. The van der Waals surface area contributed by atoms with Gasteiger partial charge >= 0.3 is 5.97 Å². The van der Waals surface area contributed by atoms with Gasteiger partial charge in [-0.05, 0) is 35.7 Å². The van der Waals surface area contributed by atoms with Gasteiger partial charge < -0.3 is 15.4 Å². The average molecular weight is 298 g/mol. The summed E-state index contributed by atoms with van der Waals surface area (Å²) < 4.78 is 4.82. The lowest BCUT2D eigenvalue weighted by Gasteiger charge is -2.06. The number of nitrogens with one attached hydrogen (secondary N) is 2. The molecule has 20 heavy (non-hydrogen) atoms. The van der Waals surface area contributed by atoms with E-state index in [0.717, 1.165) is 5.56 Å². The second kappa shape index (κ2) is 9.08. The van der Waals surface area contributed by atoms with E-state index in [1.54, 1.807) is 18.3 Å². The molecule has 0 unspecified atom stereocenters. The first-order valence-electron chi connectivity index (χ1n) is 6.32. The van der Waals surface area contributed by atoms with Gasteiger partial charge in [0, 0.05) is 13.0 Å². The maximum atomic E-state index is 11.4. The van der Waals surface area contributed by atoms with Crippen molar-refractivity contribution in [2.75, 3.05) is 19.7 Å². The minimum atomic E-state index is -0.486. The highest BCUT2D eigenvalue weighted by molar-refractivity contribution is 7.07. The Balaban J connectivity index is 2.10. The van der Waals surface area contributed by atoms with Crippen molar-refractivity contribution >= 4 is 29.1 Å². The van der Waals surface area contributed by atoms with Crippen molar-refractivity contribution in [1.82, 2.24) is 10.6 Å². The fraction of sp³-hybridized carbons (Fsp3) is 0.462. The van der Waals surface area contributed by atoms with E-state index in [0.29, 0.717) is 13.0 Å². The predicted molar refractivity (Wildman–Crippen MR) is 75.3 cm³/mol. The zero-order chi connectivity index (χ0) is 14.8. The Labute approximate surface area is 121 Å². The summed E-state index contributed by atoms with van der Waals surface area (Å²) in [6, 6.07) is 1.94. The van der Waals surface area contributed by atoms with Crippen LogP contribution in [-0.2, 0) is 25.5 Å². The van der Waals surface area contributed by atoms with Crippen molar-refractivity contribution < 1.29 is 19.1 Å². The van der Waals surface area contributed by atoms with Gasteiger partial charge in [-0.3, -0.25) is 14.4 Å². The number of hydrogen-bond donors (Lipinski definition) is 2. The van der Waals surface area contributed by atoms with E-state index in [2.05, 4.69) is 10.6 Å². The molecule has 1 heterocycles. The zero-order valence-corrected chi connectivity index (χ0v) is 12.1. The standard InChI is InChI=1S/C13H18N2O4S/c1-2-14-11(16)7-15-12(17)8-19-13(18)4-3-10-5-6-20-9-10/h5-6,9H,2-4,7-8H2,1H3,(H,14,16)(H,15,17). The third kappa shape index (κ3) is 6.89. The lowest BCUT2D eigenvalue weighted by atomic mass is 10.2. The highest BCUT2D eigenvalue weighted by Gasteiger charge is 2.09. The number of carbonyl (C=O) groups is 3. The van der Waals surface area contributed by atoms with Gasteiger partial charge in [-0.1, -0.05) is 0 Å². The number of hydrogen-bond acceptors (Lipinski definition) is 5. The molecule has 0 bridgehead atoms. The van der Waals surface area contributed by atoms with Crippen molar-refractivity contribution in [2.45, 2.75) is 19.8 Å². The number of likely N-dealkylation sites (N-methyl/N-ethyl adjacent to an activating group) is 1. The van der Waals surface area contributed by atoms with E-state index in [9.17, 15) is 14.4 Å². The summed E-state index contributed by atoms with van der Waals surface area (Å²) in [5.41, 5.74) is 1.08. The summed E-state index contributed by atoms with van der Waals surface area (Å²) in [5, 5.41) is 8.81. The quantitative estimate of drug-likeness (QED) is 0.684. The van der Waals surface area contributed by atoms with Gasteiger partial charge in [-0.2, -0.15) is 11.3 Å². The first kappa shape index (κ1) is 16.2. The van der Waals surface area contributed by atoms with Gasteiger partial charge in [0.2, 0.25) is 5.91 Å². The van der Waals surface area contributed by atoms with Crippen LogP contribution >= 0.6 is 11.3 Å². The van der Waals surface area contributed by atoms with Crippen LogP contribution in [0.4, 0.5) is 0 Å². The molecule has 0 fully saturated rings. The molecule has 0 aliphatic rings. The Hall–Kier alpha value is -1.89. The summed E-state index contributed by atoms with van der Waals surface area (Å²) in [6.45, 7) is 1.82. The number of aryl methyl sites for hydroxylation is 1. The molecule has 0 saturated carbocycles. The normalized spacial score (nSPS) is 9.85. The van der Waals surface area contributed by atoms with Crippen LogP contribution in [0.25, 0.3) is 0 Å². The number of rotatable bonds is 8. The molecule has 0 aliphatic carbocycles. The molecule has 110 valence electrons. The van der Waals surface area contributed by atoms with Crippen molar-refractivity contribution in [3.63, 3.8) is 0 Å². The van der Waals surface area contributed by atoms with E-state index in [1.807, 2.05) is 16.8 Å². The Bertz CT molecular complexity index is 445. The molecule has 1 rings (SSSR count). The monoisotopic (exact) mass is 298 g/mol. The molecular weight excluding hydrogens is 280 g/mol. The van der Waals surface area contributed by atoms with Crippen LogP contribution in [0, 0.1) is 0 Å². The Morgan fingerprint density at radius 3 is 2.70 bits per heavy atom. The van der Waals surface area contributed by atoms with Crippen LogP contribution < -0.4 is 10.6 Å². The first-order chi connectivity index (χ1) is 9.61. The van der Waals surface area contributed by atoms with Gasteiger partial charge in [0.1, 0.15) is 0 Å². The lowest BCUT2D eigenvalue weighted by molar-refractivity contribution is -0.148. The third-order valence-electron chi connectivity index (χ3n) is 2.38. The highest BCUT2D eigenvalue weighted by Crippen LogP contribution is 2.08. The minimum absolute atomic E-state index is 0.112. The van der Waals surface area contributed by atoms with E-state index in [1.165, 1.54) is 0 Å². The molecule has 1 aromatic heterocycles. The highest BCUT2D eigenvalue weighted by atomic mass is 32.1. The molecular formula is C13H18N2O4S. The second-order valence-corrected chi connectivity index (χ2v) is 4.80. The van der Waals surface area contributed by atoms with Gasteiger partial charge in [0.05, 0.1) is 6.54 Å². The minimum Gasteiger partial charge on any atom is -0.456 e. The van der Waals surface area contributed by atoms with Gasteiger partial charge in [-0.25, -0.2) is 0 Å². The number of ether oxygens (including phenoxy) is 1. The zero-order valence-electron chi connectivity index (χ0n) is 11.3. The van der Waals surface area contributed by atoms with Gasteiger partial charge in [0.15, 0.2) is 6.61 Å². The van der Waals surface area contributed by atoms with Crippen LogP contribution in [0.1, 0.15) is 18.9 Å². The molecule has 0 saturated heterocycles. The summed E-state index contributed by atoms with van der Waals surface area (Å²) in [7, 11) is 0.